The molecule has 4 heteroatoms. The van der Waals surface area contributed by atoms with Gasteiger partial charge in [0.05, 0.1) is 20.9 Å². The minimum Gasteiger partial charge on any atom is -0.323 e. The van der Waals surface area contributed by atoms with Crippen LogP contribution >= 0.6 is 0 Å². The summed E-state index contributed by atoms with van der Waals surface area (Å²) < 4.78 is 26.1. The fraction of sp³-hybridized carbons (Fsp3) is 0.250. The van der Waals surface area contributed by atoms with E-state index in [-0.39, 0.29) is 10.1 Å². The van der Waals surface area contributed by atoms with E-state index in [1.807, 2.05) is 31.2 Å². The smallest absolute Gasteiger partial charge is 0.139 e. The van der Waals surface area contributed by atoms with Crippen LogP contribution in [0.1, 0.15) is 24.1 Å². The Bertz CT molecular complexity index is 612. The fourth-order valence-corrected chi connectivity index (χ4v) is 3.30. The maximum atomic E-state index is 13.7. The third-order valence-electron chi connectivity index (χ3n) is 3.36. The first-order valence-electron chi connectivity index (χ1n) is 6.48. The van der Waals surface area contributed by atoms with E-state index in [1.54, 1.807) is 25.1 Å². The summed E-state index contributed by atoms with van der Waals surface area (Å²) in [4.78, 5) is 0.211. The van der Waals surface area contributed by atoms with Crippen molar-refractivity contribution in [2.45, 2.75) is 30.0 Å². The van der Waals surface area contributed by atoms with Crippen LogP contribution in [0, 0.1) is 12.7 Å². The lowest BCUT2D eigenvalue weighted by molar-refractivity contribution is 0.589. The number of benzene rings is 2. The van der Waals surface area contributed by atoms with Gasteiger partial charge in [0.2, 0.25) is 0 Å². The highest BCUT2D eigenvalue weighted by atomic mass is 32.2. The molecule has 0 spiro atoms. The molecule has 0 heterocycles. The van der Waals surface area contributed by atoms with Gasteiger partial charge in [0, 0.05) is 6.04 Å². The second kappa shape index (κ2) is 6.29. The van der Waals surface area contributed by atoms with Crippen molar-refractivity contribution in [1.82, 2.24) is 0 Å². The topological polar surface area (TPSA) is 43.1 Å². The van der Waals surface area contributed by atoms with Crippen molar-refractivity contribution in [3.05, 3.63) is 65.5 Å². The molecule has 3 atom stereocenters. The monoisotopic (exact) mass is 291 g/mol. The molecular formula is C16H18FNOS. The molecule has 0 fully saturated rings. The number of nitrogens with two attached hydrogens (primary N) is 1. The van der Waals surface area contributed by atoms with Gasteiger partial charge < -0.3 is 5.73 Å². The van der Waals surface area contributed by atoms with E-state index >= 15 is 0 Å². The Balaban J connectivity index is 2.22. The highest BCUT2D eigenvalue weighted by Crippen LogP contribution is 2.24. The van der Waals surface area contributed by atoms with Crippen molar-refractivity contribution >= 4 is 10.8 Å². The van der Waals surface area contributed by atoms with Crippen LogP contribution in [0.2, 0.25) is 0 Å². The summed E-state index contributed by atoms with van der Waals surface area (Å²) in [6.07, 6.45) is 0. The van der Waals surface area contributed by atoms with Crippen LogP contribution in [0.4, 0.5) is 4.39 Å². The molecule has 2 N–H and O–H groups in total. The van der Waals surface area contributed by atoms with Gasteiger partial charge in [-0.25, -0.2) is 4.39 Å². The second-order valence-electron chi connectivity index (χ2n) is 4.87. The van der Waals surface area contributed by atoms with Crippen molar-refractivity contribution in [1.29, 1.82) is 0 Å². The predicted molar refractivity (Wildman–Crippen MR) is 80.4 cm³/mol. The van der Waals surface area contributed by atoms with Gasteiger partial charge in [0.15, 0.2) is 0 Å². The fourth-order valence-electron chi connectivity index (χ4n) is 2.00. The van der Waals surface area contributed by atoms with Crippen molar-refractivity contribution in [3.8, 4) is 0 Å². The molecule has 0 saturated heterocycles. The quantitative estimate of drug-likeness (QED) is 0.939. The summed E-state index contributed by atoms with van der Waals surface area (Å²) in [5.41, 5.74) is 8.21. The molecular weight excluding hydrogens is 273 g/mol. The zero-order valence-electron chi connectivity index (χ0n) is 11.5. The van der Waals surface area contributed by atoms with E-state index in [0.29, 0.717) is 0 Å². The summed E-state index contributed by atoms with van der Waals surface area (Å²) in [7, 11) is -1.48. The zero-order valence-corrected chi connectivity index (χ0v) is 12.4. The molecule has 0 aliphatic heterocycles. The SMILES string of the molecule is Cc1ccc(C(N)C(C)S(=O)c2ccccc2F)cc1. The number of hydrogen-bond acceptors (Lipinski definition) is 2. The van der Waals surface area contributed by atoms with Crippen LogP contribution in [0.3, 0.4) is 0 Å². The average molecular weight is 291 g/mol. The molecule has 0 amide bonds. The van der Waals surface area contributed by atoms with Gasteiger partial charge in [-0.05, 0) is 31.5 Å². The zero-order chi connectivity index (χ0) is 14.7. The van der Waals surface area contributed by atoms with Crippen LogP contribution in [-0.2, 0) is 10.8 Å². The van der Waals surface area contributed by atoms with Gasteiger partial charge >= 0.3 is 0 Å². The molecule has 2 nitrogen and oxygen atoms in total. The Morgan fingerprint density at radius 2 is 1.70 bits per heavy atom. The molecule has 0 bridgehead atoms. The van der Waals surface area contributed by atoms with Gasteiger partial charge in [0.1, 0.15) is 5.82 Å². The summed E-state index contributed by atoms with van der Waals surface area (Å²) in [5, 5.41) is -0.366. The van der Waals surface area contributed by atoms with Crippen molar-refractivity contribution in [3.63, 3.8) is 0 Å². The molecule has 0 saturated carbocycles. The van der Waals surface area contributed by atoms with E-state index in [4.69, 9.17) is 5.73 Å². The molecule has 3 unspecified atom stereocenters. The van der Waals surface area contributed by atoms with Gasteiger partial charge in [-0.1, -0.05) is 42.0 Å². The number of hydrogen-bond donors (Lipinski definition) is 1. The molecule has 0 aliphatic carbocycles. The minimum atomic E-state index is -1.48. The maximum absolute atomic E-state index is 13.7. The Hall–Kier alpha value is -1.52. The van der Waals surface area contributed by atoms with Gasteiger partial charge in [-0.3, -0.25) is 4.21 Å². The van der Waals surface area contributed by atoms with E-state index in [0.717, 1.165) is 11.1 Å². The summed E-state index contributed by atoms with van der Waals surface area (Å²) in [6.45, 7) is 3.78. The third-order valence-corrected chi connectivity index (χ3v) is 5.09. The lowest BCUT2D eigenvalue weighted by Gasteiger charge is -2.20. The molecule has 0 radical (unpaired) electrons. The van der Waals surface area contributed by atoms with Gasteiger partial charge in [-0.2, -0.15) is 0 Å². The Kier molecular flexibility index (Phi) is 4.68. The Labute approximate surface area is 121 Å². The van der Waals surface area contributed by atoms with E-state index in [1.165, 1.54) is 6.07 Å². The Morgan fingerprint density at radius 3 is 2.30 bits per heavy atom. The van der Waals surface area contributed by atoms with Crippen molar-refractivity contribution in [2.75, 3.05) is 0 Å². The highest BCUT2D eigenvalue weighted by molar-refractivity contribution is 7.85. The van der Waals surface area contributed by atoms with Crippen LogP contribution in [-0.4, -0.2) is 9.46 Å². The predicted octanol–water partition coefficient (Wildman–Crippen LogP) is 3.33. The van der Waals surface area contributed by atoms with Gasteiger partial charge in [-0.15, -0.1) is 0 Å². The average Bonchev–Trinajstić information content (AvgIpc) is 2.46. The third kappa shape index (κ3) is 3.14. The standard InChI is InChI=1S/C16H18FNOS/c1-11-7-9-13(10-8-11)16(18)12(2)20(19)15-6-4-3-5-14(15)17/h3-10,12,16H,18H2,1-2H3. The van der Waals surface area contributed by atoms with Crippen molar-refractivity contribution < 1.29 is 8.60 Å². The first kappa shape index (κ1) is 14.9. The molecule has 106 valence electrons. The summed E-state index contributed by atoms with van der Waals surface area (Å²) in [5.74, 6) is -0.450. The van der Waals surface area contributed by atoms with Crippen LogP contribution in [0.15, 0.2) is 53.4 Å². The largest absolute Gasteiger partial charge is 0.323 e. The first-order chi connectivity index (χ1) is 9.50. The van der Waals surface area contributed by atoms with Crippen LogP contribution < -0.4 is 5.73 Å². The molecule has 2 aromatic rings. The number of halogens is 1. The molecule has 2 aromatic carbocycles. The van der Waals surface area contributed by atoms with Crippen LogP contribution in [0.5, 0.6) is 0 Å². The van der Waals surface area contributed by atoms with Crippen molar-refractivity contribution in [2.24, 2.45) is 5.73 Å². The minimum absolute atomic E-state index is 0.211. The lowest BCUT2D eigenvalue weighted by Crippen LogP contribution is -2.28. The molecule has 2 rings (SSSR count). The first-order valence-corrected chi connectivity index (χ1v) is 7.69. The molecule has 20 heavy (non-hydrogen) atoms. The van der Waals surface area contributed by atoms with E-state index in [9.17, 15) is 8.60 Å². The number of rotatable bonds is 4. The molecule has 0 aromatic heterocycles. The lowest BCUT2D eigenvalue weighted by atomic mass is 10.0. The Morgan fingerprint density at radius 1 is 1.10 bits per heavy atom. The van der Waals surface area contributed by atoms with Crippen LogP contribution in [0.25, 0.3) is 0 Å². The summed E-state index contributed by atoms with van der Waals surface area (Å²) >= 11 is 0. The highest BCUT2D eigenvalue weighted by Gasteiger charge is 2.23. The van der Waals surface area contributed by atoms with Gasteiger partial charge in [0.25, 0.3) is 0 Å². The van der Waals surface area contributed by atoms with E-state index < -0.39 is 22.7 Å². The maximum Gasteiger partial charge on any atom is 0.139 e. The number of aryl methyl sites for hydroxylation is 1. The second-order valence-corrected chi connectivity index (χ2v) is 6.65. The normalized spacial score (nSPS) is 15.6. The summed E-state index contributed by atoms with van der Waals surface area (Å²) in [6, 6.07) is 13.5. The molecule has 0 aliphatic rings. The van der Waals surface area contributed by atoms with E-state index in [2.05, 4.69) is 0 Å².